The van der Waals surface area contributed by atoms with Gasteiger partial charge in [-0.25, -0.2) is 13.8 Å². The Labute approximate surface area is 130 Å². The van der Waals surface area contributed by atoms with E-state index in [1.807, 2.05) is 6.92 Å². The van der Waals surface area contributed by atoms with E-state index in [2.05, 4.69) is 26.2 Å². The van der Waals surface area contributed by atoms with E-state index in [1.165, 1.54) is 24.4 Å². The van der Waals surface area contributed by atoms with Crippen molar-refractivity contribution in [2.24, 2.45) is 0 Å². The van der Waals surface area contributed by atoms with E-state index in [-0.39, 0.29) is 11.6 Å². The Morgan fingerprint density at radius 1 is 1.29 bits per heavy atom. The molecule has 0 amide bonds. The average molecular weight is 357 g/mol. The highest BCUT2D eigenvalue weighted by atomic mass is 79.9. The molecule has 1 aromatic carbocycles. The van der Waals surface area contributed by atoms with Gasteiger partial charge in [-0.15, -0.1) is 0 Å². The van der Waals surface area contributed by atoms with Gasteiger partial charge in [0.25, 0.3) is 5.88 Å². The van der Waals surface area contributed by atoms with Crippen LogP contribution in [0.3, 0.4) is 0 Å². The largest absolute Gasteiger partial charge is 0.435 e. The van der Waals surface area contributed by atoms with Crippen LogP contribution in [0.2, 0.25) is 0 Å². The van der Waals surface area contributed by atoms with E-state index in [1.54, 1.807) is 6.07 Å². The van der Waals surface area contributed by atoms with Crippen LogP contribution in [0.5, 0.6) is 11.6 Å². The Hall–Kier alpha value is -1.53. The van der Waals surface area contributed by atoms with Crippen LogP contribution in [0.25, 0.3) is 0 Å². The average Bonchev–Trinajstić information content (AvgIpc) is 2.47. The lowest BCUT2D eigenvalue weighted by Gasteiger charge is -2.10. The number of halogens is 3. The second-order valence-electron chi connectivity index (χ2n) is 4.44. The molecule has 112 valence electrons. The first-order chi connectivity index (χ1) is 10.1. The lowest BCUT2D eigenvalue weighted by molar-refractivity contribution is 0.412. The van der Waals surface area contributed by atoms with E-state index < -0.39 is 11.6 Å². The summed E-state index contributed by atoms with van der Waals surface area (Å²) in [6.45, 7) is 3.22. The van der Waals surface area contributed by atoms with Gasteiger partial charge in [-0.05, 0) is 47.1 Å². The van der Waals surface area contributed by atoms with Gasteiger partial charge in [0, 0.05) is 24.4 Å². The molecule has 6 heteroatoms. The van der Waals surface area contributed by atoms with Gasteiger partial charge in [-0.3, -0.25) is 0 Å². The summed E-state index contributed by atoms with van der Waals surface area (Å²) < 4.78 is 33.4. The second kappa shape index (κ2) is 7.47. The van der Waals surface area contributed by atoms with Crippen molar-refractivity contribution in [2.75, 3.05) is 6.54 Å². The molecule has 0 unspecified atom stereocenters. The third kappa shape index (κ3) is 4.22. The van der Waals surface area contributed by atoms with Crippen LogP contribution in [-0.2, 0) is 6.54 Å². The van der Waals surface area contributed by atoms with Crippen LogP contribution in [-0.4, -0.2) is 11.5 Å². The van der Waals surface area contributed by atoms with Crippen LogP contribution in [0.1, 0.15) is 18.9 Å². The number of hydrogen-bond donors (Lipinski definition) is 1. The smallest absolute Gasteiger partial charge is 0.256 e. The van der Waals surface area contributed by atoms with Crippen molar-refractivity contribution >= 4 is 15.9 Å². The molecule has 1 N–H and O–H groups in total. The molecule has 0 spiro atoms. The van der Waals surface area contributed by atoms with Gasteiger partial charge in [0.2, 0.25) is 0 Å². The first kappa shape index (κ1) is 15.9. The van der Waals surface area contributed by atoms with Gasteiger partial charge in [0.15, 0.2) is 5.82 Å². The summed E-state index contributed by atoms with van der Waals surface area (Å²) in [6, 6.07) is 5.54. The molecule has 0 saturated heterocycles. The van der Waals surface area contributed by atoms with Crippen LogP contribution in [0.4, 0.5) is 8.78 Å². The lowest BCUT2D eigenvalue weighted by Crippen LogP contribution is -2.15. The molecular weight excluding hydrogens is 342 g/mol. The van der Waals surface area contributed by atoms with Crippen LogP contribution in [0, 0.1) is 11.6 Å². The minimum absolute atomic E-state index is 0.169. The summed E-state index contributed by atoms with van der Waals surface area (Å²) in [4.78, 5) is 3.86. The zero-order valence-electron chi connectivity index (χ0n) is 11.5. The van der Waals surface area contributed by atoms with E-state index in [0.717, 1.165) is 13.0 Å². The summed E-state index contributed by atoms with van der Waals surface area (Å²) in [5, 5.41) is 3.11. The number of benzene rings is 1. The molecular formula is C15H15BrF2N2O. The number of pyridine rings is 1. The maximum atomic E-state index is 14.3. The second-order valence-corrected chi connectivity index (χ2v) is 5.30. The molecule has 0 fully saturated rings. The van der Waals surface area contributed by atoms with Crippen molar-refractivity contribution in [3.8, 4) is 11.6 Å². The molecule has 21 heavy (non-hydrogen) atoms. The third-order valence-electron chi connectivity index (χ3n) is 2.78. The Balaban J connectivity index is 2.20. The van der Waals surface area contributed by atoms with Crippen molar-refractivity contribution in [1.82, 2.24) is 10.3 Å². The molecule has 0 aliphatic rings. The maximum Gasteiger partial charge on any atom is 0.256 e. The SMILES string of the molecule is CCCNCc1ccnc(Oc2cc(F)ccc2Br)c1F. The zero-order chi connectivity index (χ0) is 15.2. The quantitative estimate of drug-likeness (QED) is 0.778. The fourth-order valence-corrected chi connectivity index (χ4v) is 2.06. The van der Waals surface area contributed by atoms with Crippen LogP contribution < -0.4 is 10.1 Å². The Morgan fingerprint density at radius 3 is 2.86 bits per heavy atom. The molecule has 0 saturated carbocycles. The third-order valence-corrected chi connectivity index (χ3v) is 3.43. The first-order valence-corrected chi connectivity index (χ1v) is 7.38. The van der Waals surface area contributed by atoms with Gasteiger partial charge in [-0.2, -0.15) is 0 Å². The van der Waals surface area contributed by atoms with Gasteiger partial charge in [0.1, 0.15) is 11.6 Å². The summed E-state index contributed by atoms with van der Waals surface area (Å²) in [6.07, 6.45) is 2.43. The van der Waals surface area contributed by atoms with Crippen molar-refractivity contribution in [2.45, 2.75) is 19.9 Å². The predicted molar refractivity (Wildman–Crippen MR) is 80.4 cm³/mol. The van der Waals surface area contributed by atoms with Crippen LogP contribution >= 0.6 is 15.9 Å². The highest BCUT2D eigenvalue weighted by molar-refractivity contribution is 9.10. The summed E-state index contributed by atoms with van der Waals surface area (Å²) >= 11 is 3.23. The molecule has 0 atom stereocenters. The molecule has 0 radical (unpaired) electrons. The van der Waals surface area contributed by atoms with E-state index >= 15 is 0 Å². The lowest BCUT2D eigenvalue weighted by atomic mass is 10.2. The number of aromatic nitrogens is 1. The normalized spacial score (nSPS) is 10.7. The number of rotatable bonds is 6. The van der Waals surface area contributed by atoms with Gasteiger partial charge in [-0.1, -0.05) is 6.92 Å². The number of nitrogens with one attached hydrogen (secondary N) is 1. The standard InChI is InChI=1S/C15H15BrF2N2O/c1-2-6-19-9-10-5-7-20-15(14(10)18)21-13-8-11(17)3-4-12(13)16/h3-5,7-8,19H,2,6,9H2,1H3. The molecule has 1 heterocycles. The molecule has 3 nitrogen and oxygen atoms in total. The van der Waals surface area contributed by atoms with Gasteiger partial charge < -0.3 is 10.1 Å². The first-order valence-electron chi connectivity index (χ1n) is 6.58. The number of ether oxygens (including phenoxy) is 1. The zero-order valence-corrected chi connectivity index (χ0v) is 13.1. The highest BCUT2D eigenvalue weighted by Gasteiger charge is 2.13. The number of hydrogen-bond acceptors (Lipinski definition) is 3. The molecule has 0 aliphatic carbocycles. The molecule has 2 aromatic rings. The summed E-state index contributed by atoms with van der Waals surface area (Å²) in [5.74, 6) is -0.996. The van der Waals surface area contributed by atoms with E-state index in [9.17, 15) is 8.78 Å². The minimum Gasteiger partial charge on any atom is -0.435 e. The molecule has 1 aromatic heterocycles. The maximum absolute atomic E-state index is 14.3. The van der Waals surface area contributed by atoms with E-state index in [0.29, 0.717) is 16.6 Å². The molecule has 2 rings (SSSR count). The summed E-state index contributed by atoms with van der Waals surface area (Å²) in [7, 11) is 0. The number of nitrogens with zero attached hydrogens (tertiary/aromatic N) is 1. The molecule has 0 bridgehead atoms. The van der Waals surface area contributed by atoms with E-state index in [4.69, 9.17) is 4.74 Å². The van der Waals surface area contributed by atoms with Gasteiger partial charge in [0.05, 0.1) is 4.47 Å². The van der Waals surface area contributed by atoms with Crippen LogP contribution in [0.15, 0.2) is 34.9 Å². The van der Waals surface area contributed by atoms with Gasteiger partial charge >= 0.3 is 0 Å². The highest BCUT2D eigenvalue weighted by Crippen LogP contribution is 2.31. The van der Waals surface area contributed by atoms with Crippen molar-refractivity contribution in [3.05, 3.63) is 52.1 Å². The fraction of sp³-hybridized carbons (Fsp3) is 0.267. The predicted octanol–water partition coefficient (Wildman–Crippen LogP) is 4.41. The summed E-state index contributed by atoms with van der Waals surface area (Å²) in [5.41, 5.74) is 0.459. The monoisotopic (exact) mass is 356 g/mol. The Bertz CT molecular complexity index is 623. The minimum atomic E-state index is -0.544. The van der Waals surface area contributed by atoms with Crippen molar-refractivity contribution < 1.29 is 13.5 Å². The van der Waals surface area contributed by atoms with Crippen molar-refractivity contribution in [1.29, 1.82) is 0 Å². The fourth-order valence-electron chi connectivity index (χ4n) is 1.73. The Morgan fingerprint density at radius 2 is 2.10 bits per heavy atom. The molecule has 0 aliphatic heterocycles. The topological polar surface area (TPSA) is 34.2 Å². The van der Waals surface area contributed by atoms with Crippen molar-refractivity contribution in [3.63, 3.8) is 0 Å². The Kier molecular flexibility index (Phi) is 5.64.